The van der Waals surface area contributed by atoms with Crippen molar-refractivity contribution >= 4 is 6.08 Å². The molecule has 14 N–H and O–H groups in total. The van der Waals surface area contributed by atoms with Gasteiger partial charge in [0.2, 0.25) is 12.6 Å². The average molecular weight is 775 g/mol. The molecule has 0 saturated carbocycles. The number of phenols is 4. The molecule has 0 amide bonds. The van der Waals surface area contributed by atoms with E-state index in [0.717, 1.165) is 24.3 Å². The van der Waals surface area contributed by atoms with Gasteiger partial charge in [-0.15, -0.1) is 0 Å². The van der Waals surface area contributed by atoms with Crippen molar-refractivity contribution in [1.82, 2.24) is 0 Å². The highest BCUT2D eigenvalue weighted by Gasteiger charge is 2.49. The van der Waals surface area contributed by atoms with Gasteiger partial charge in [-0.1, -0.05) is 0 Å². The molecule has 0 bridgehead atoms. The Balaban J connectivity index is 1.32. The van der Waals surface area contributed by atoms with E-state index in [1.807, 2.05) is 0 Å². The van der Waals surface area contributed by atoms with Crippen LogP contribution in [0.5, 0.6) is 34.5 Å². The minimum absolute atomic E-state index is 0.0488. The van der Waals surface area contributed by atoms with Crippen molar-refractivity contribution in [2.75, 3.05) is 13.2 Å². The molecule has 21 heteroatoms. The second-order valence-corrected chi connectivity index (χ2v) is 13.3. The van der Waals surface area contributed by atoms with Gasteiger partial charge < -0.3 is 105 Å². The van der Waals surface area contributed by atoms with Crippen LogP contribution in [0.2, 0.25) is 0 Å². The number of fused-ring (bicyclic) bond motifs is 1. The van der Waals surface area contributed by atoms with E-state index in [2.05, 4.69) is 0 Å². The minimum atomic E-state index is -1.97. The summed E-state index contributed by atoms with van der Waals surface area (Å²) in [5, 5.41) is 145. The van der Waals surface area contributed by atoms with Crippen LogP contribution in [0.4, 0.5) is 0 Å². The molecule has 3 fully saturated rings. The van der Waals surface area contributed by atoms with E-state index >= 15 is 0 Å². The van der Waals surface area contributed by atoms with Crippen LogP contribution in [0.15, 0.2) is 30.0 Å². The highest BCUT2D eigenvalue weighted by atomic mass is 16.7. The van der Waals surface area contributed by atoms with Gasteiger partial charge in [0.25, 0.3) is 0 Å². The predicted octanol–water partition coefficient (Wildman–Crippen LogP) is -4.17. The van der Waals surface area contributed by atoms with Gasteiger partial charge in [0.05, 0.1) is 24.9 Å². The lowest BCUT2D eigenvalue weighted by Gasteiger charge is -2.43. The van der Waals surface area contributed by atoms with Crippen molar-refractivity contribution in [3.05, 3.63) is 41.2 Å². The molecule has 0 radical (unpaired) electrons. The fraction of sp³-hybridized carbons (Fsp3) is 0.576. The Kier molecular flexibility index (Phi) is 11.6. The Morgan fingerprint density at radius 2 is 1.17 bits per heavy atom. The normalized spacial score (nSPS) is 39.6. The summed E-state index contributed by atoms with van der Waals surface area (Å²) in [4.78, 5) is 0. The quantitative estimate of drug-likeness (QED) is 0.107. The average Bonchev–Trinajstić information content (AvgIpc) is 3.14. The molecule has 1 unspecified atom stereocenters. The van der Waals surface area contributed by atoms with E-state index in [-0.39, 0.29) is 28.4 Å². The first kappa shape index (κ1) is 39.9. The van der Waals surface area contributed by atoms with E-state index in [1.165, 1.54) is 13.0 Å². The smallest absolute Gasteiger partial charge is 0.229 e. The molecule has 0 spiro atoms. The maximum atomic E-state index is 10.9. The van der Waals surface area contributed by atoms with E-state index in [1.54, 1.807) is 0 Å². The molecule has 0 aromatic heterocycles. The molecule has 4 heterocycles. The third-order valence-electron chi connectivity index (χ3n) is 9.52. The van der Waals surface area contributed by atoms with Crippen LogP contribution in [0, 0.1) is 0 Å². The third-order valence-corrected chi connectivity index (χ3v) is 9.52. The highest BCUT2D eigenvalue weighted by molar-refractivity contribution is 5.70. The molecular formula is C33H42O21. The van der Waals surface area contributed by atoms with Gasteiger partial charge in [0.15, 0.2) is 29.6 Å². The predicted molar refractivity (Wildman–Crippen MR) is 171 cm³/mol. The monoisotopic (exact) mass is 774 g/mol. The lowest BCUT2D eigenvalue weighted by molar-refractivity contribution is -0.324. The van der Waals surface area contributed by atoms with Crippen LogP contribution in [0.1, 0.15) is 24.2 Å². The summed E-state index contributed by atoms with van der Waals surface area (Å²) in [6.07, 6.45) is -25.1. The Morgan fingerprint density at radius 1 is 0.611 bits per heavy atom. The first-order chi connectivity index (χ1) is 25.5. The summed E-state index contributed by atoms with van der Waals surface area (Å²) in [6.45, 7) is 0.0164. The van der Waals surface area contributed by atoms with Gasteiger partial charge >= 0.3 is 0 Å². The number of ether oxygens (including phenoxy) is 7. The largest absolute Gasteiger partial charge is 0.508 e. The van der Waals surface area contributed by atoms with Gasteiger partial charge in [0.1, 0.15) is 90.2 Å². The van der Waals surface area contributed by atoms with Crippen LogP contribution < -0.4 is 9.47 Å². The minimum Gasteiger partial charge on any atom is -0.508 e. The number of hydrogen-bond acceptors (Lipinski definition) is 21. The lowest BCUT2D eigenvalue weighted by atomic mass is 9.98. The number of hydrogen-bond donors (Lipinski definition) is 14. The number of rotatable bonds is 9. The SMILES string of the molecule is C[C@H]1O[C@@H](OC[C@H]2O[C@@H](OC3=Cc4c(cc(O)cc4O[C@@H]4O[C@@H](CO)[C@@H](O)[C@H](O)[C@H]4O)OC3c3cc(O)c(O)c(O)c3)[C@H](O)[C@H](O)[C@@H]2O)[C@H](O)[C@@H](O)[C@H]1O. The second kappa shape index (κ2) is 15.8. The molecule has 2 aromatic carbocycles. The molecule has 6 rings (SSSR count). The van der Waals surface area contributed by atoms with Crippen LogP contribution >= 0.6 is 0 Å². The summed E-state index contributed by atoms with van der Waals surface area (Å²) in [5.41, 5.74) is -0.129. The van der Waals surface area contributed by atoms with Crippen molar-refractivity contribution < 1.29 is 105 Å². The molecular weight excluding hydrogens is 732 g/mol. The van der Waals surface area contributed by atoms with Crippen LogP contribution in [-0.2, 0) is 23.7 Å². The third kappa shape index (κ3) is 7.56. The van der Waals surface area contributed by atoms with Crippen molar-refractivity contribution in [2.24, 2.45) is 0 Å². The highest BCUT2D eigenvalue weighted by Crippen LogP contribution is 2.48. The van der Waals surface area contributed by atoms with Gasteiger partial charge in [0, 0.05) is 17.7 Å². The number of benzene rings is 2. The number of aromatic hydroxyl groups is 4. The number of aliphatic hydroxyl groups is 10. The first-order valence-electron chi connectivity index (χ1n) is 16.7. The van der Waals surface area contributed by atoms with Crippen LogP contribution in [0.25, 0.3) is 6.08 Å². The Hall–Kier alpha value is -3.78. The van der Waals surface area contributed by atoms with Crippen molar-refractivity contribution in [2.45, 2.75) is 105 Å². The van der Waals surface area contributed by atoms with Gasteiger partial charge in [-0.25, -0.2) is 0 Å². The van der Waals surface area contributed by atoms with E-state index in [0.29, 0.717) is 0 Å². The van der Waals surface area contributed by atoms with Gasteiger partial charge in [-0.05, 0) is 25.1 Å². The standard InChI is InChI=1S/C33H42O21/c1-9-20(38)24(42)27(45)31(49-9)48-8-19-23(41)26(44)29(47)33(54-19)52-17-6-12-15(50-30(17)10-2-13(36)21(39)14(37)3-10)4-11(35)5-16(12)51-32-28(46)25(43)22(40)18(7-34)53-32/h2-6,9,18-20,22-47H,7-8H2,1H3/t9-,18+,19-,20+,22-,23-,24+,25+,26-,27-,28-,29-,30?,31-,32-,33-/m1/s1. The zero-order valence-electron chi connectivity index (χ0n) is 28.2. The Bertz CT molecular complexity index is 1650. The topological polar surface area (TPSA) is 348 Å². The van der Waals surface area contributed by atoms with E-state index in [9.17, 15) is 71.5 Å². The maximum Gasteiger partial charge on any atom is 0.229 e. The lowest BCUT2D eigenvalue weighted by Crippen LogP contribution is -2.61. The van der Waals surface area contributed by atoms with E-state index in [4.69, 9.17) is 33.2 Å². The molecule has 0 aliphatic carbocycles. The van der Waals surface area contributed by atoms with Crippen molar-refractivity contribution in [3.63, 3.8) is 0 Å². The summed E-state index contributed by atoms with van der Waals surface area (Å²) in [7, 11) is 0. The molecule has 3 saturated heterocycles. The van der Waals surface area contributed by atoms with Crippen LogP contribution in [-0.4, -0.2) is 177 Å². The molecule has 4 aliphatic heterocycles. The summed E-state index contributed by atoms with van der Waals surface area (Å²) in [5.74, 6) is -3.67. The second-order valence-electron chi connectivity index (χ2n) is 13.3. The summed E-state index contributed by atoms with van der Waals surface area (Å²) >= 11 is 0. The Morgan fingerprint density at radius 3 is 1.80 bits per heavy atom. The summed E-state index contributed by atoms with van der Waals surface area (Å²) in [6, 6.07) is 4.15. The zero-order valence-corrected chi connectivity index (χ0v) is 28.2. The zero-order chi connectivity index (χ0) is 39.3. The van der Waals surface area contributed by atoms with Crippen molar-refractivity contribution in [1.29, 1.82) is 0 Å². The maximum absolute atomic E-state index is 10.9. The Labute approximate surface area is 304 Å². The summed E-state index contributed by atoms with van der Waals surface area (Å²) < 4.78 is 40.0. The molecule has 54 heavy (non-hydrogen) atoms. The molecule has 2 aromatic rings. The fourth-order valence-corrected chi connectivity index (χ4v) is 6.35. The molecule has 4 aliphatic rings. The number of aliphatic hydroxyl groups excluding tert-OH is 10. The van der Waals surface area contributed by atoms with Crippen molar-refractivity contribution in [3.8, 4) is 34.5 Å². The number of phenolic OH excluding ortho intramolecular Hbond substituents is 4. The molecule has 21 nitrogen and oxygen atoms in total. The molecule has 16 atom stereocenters. The van der Waals surface area contributed by atoms with Gasteiger partial charge in [-0.3, -0.25) is 0 Å². The van der Waals surface area contributed by atoms with E-state index < -0.39 is 134 Å². The van der Waals surface area contributed by atoms with Gasteiger partial charge in [-0.2, -0.15) is 0 Å². The van der Waals surface area contributed by atoms with Crippen LogP contribution in [0.3, 0.4) is 0 Å². The fourth-order valence-electron chi connectivity index (χ4n) is 6.35. The first-order valence-corrected chi connectivity index (χ1v) is 16.7. The molecule has 300 valence electrons.